The number of hydrogen-bond donors (Lipinski definition) is 3. The van der Waals surface area contributed by atoms with Crippen molar-refractivity contribution in [3.05, 3.63) is 64.6 Å². The Morgan fingerprint density at radius 2 is 2.08 bits per heavy atom. The topological polar surface area (TPSA) is 108 Å². The molecule has 7 nitrogen and oxygen atoms in total. The van der Waals surface area contributed by atoms with E-state index in [0.29, 0.717) is 10.9 Å². The van der Waals surface area contributed by atoms with Gasteiger partial charge in [-0.3, -0.25) is 9.79 Å². The predicted molar refractivity (Wildman–Crippen MR) is 102 cm³/mol. The molecular formula is C18H19N4O3S+. The molecule has 1 heterocycles. The molecule has 0 aliphatic carbocycles. The van der Waals surface area contributed by atoms with Crippen LogP contribution in [0.3, 0.4) is 0 Å². The molecule has 1 amide bonds. The number of nitrogens with one attached hydrogen (secondary N) is 1. The van der Waals surface area contributed by atoms with Crippen LogP contribution in [0.1, 0.15) is 29.3 Å². The highest BCUT2D eigenvalue weighted by molar-refractivity contribution is 8.13. The number of amidine groups is 1. The van der Waals surface area contributed by atoms with Crippen LogP contribution in [0.15, 0.2) is 53.5 Å². The lowest BCUT2D eigenvalue weighted by atomic mass is 9.89. The van der Waals surface area contributed by atoms with Crippen molar-refractivity contribution in [2.75, 3.05) is 11.1 Å². The van der Waals surface area contributed by atoms with Gasteiger partial charge in [0.05, 0.1) is 10.4 Å². The third-order valence-electron chi connectivity index (χ3n) is 4.29. The lowest BCUT2D eigenvalue weighted by molar-refractivity contribution is -0.729. The molecule has 0 saturated carbocycles. The minimum Gasteiger partial charge on any atom is -0.379 e. The van der Waals surface area contributed by atoms with Gasteiger partial charge < -0.3 is 11.1 Å². The zero-order valence-corrected chi connectivity index (χ0v) is 15.0. The minimum atomic E-state index is -0.486. The van der Waals surface area contributed by atoms with E-state index in [2.05, 4.69) is 10.3 Å². The van der Waals surface area contributed by atoms with Gasteiger partial charge in [0.1, 0.15) is 5.56 Å². The predicted octanol–water partition coefficient (Wildman–Crippen LogP) is 3.41. The molecule has 1 atom stereocenters. The van der Waals surface area contributed by atoms with E-state index in [1.54, 1.807) is 18.2 Å². The van der Waals surface area contributed by atoms with Crippen LogP contribution in [0.5, 0.6) is 0 Å². The van der Waals surface area contributed by atoms with Crippen molar-refractivity contribution in [3.8, 4) is 0 Å². The Labute approximate surface area is 154 Å². The van der Waals surface area contributed by atoms with Crippen LogP contribution < -0.4 is 11.1 Å². The van der Waals surface area contributed by atoms with Gasteiger partial charge >= 0.3 is 5.69 Å². The number of carbonyl (C=O) groups excluding carboxylic acids is 1. The molecule has 2 aromatic carbocycles. The standard InChI is InChI=1S/C18H18N4O3S/c1-18(9-10-26-17(19)21-18)12-5-4-6-13(11-12)20-16(23)14-7-2-3-8-15(14)22(24)25/h2-8,11H,9-10H2,1H3,(H3-,19,20,21,23,24,25)/p+1. The maximum atomic E-state index is 12.5. The third-order valence-corrected chi connectivity index (χ3v) is 5.09. The largest absolute Gasteiger partial charge is 0.379 e. The Hall–Kier alpha value is -2.87. The Balaban J connectivity index is 1.87. The molecule has 134 valence electrons. The van der Waals surface area contributed by atoms with Gasteiger partial charge in [0, 0.05) is 17.5 Å². The highest BCUT2D eigenvalue weighted by Crippen LogP contribution is 2.36. The van der Waals surface area contributed by atoms with E-state index in [1.807, 2.05) is 25.1 Å². The van der Waals surface area contributed by atoms with Gasteiger partial charge in [-0.15, -0.1) is 0 Å². The van der Waals surface area contributed by atoms with Gasteiger partial charge in [-0.2, -0.15) is 0 Å². The van der Waals surface area contributed by atoms with Crippen LogP contribution in [0.4, 0.5) is 11.4 Å². The third kappa shape index (κ3) is 3.70. The zero-order chi connectivity index (χ0) is 18.7. The number of nitrogens with zero attached hydrogens (tertiary/aromatic N) is 2. The summed E-state index contributed by atoms with van der Waals surface area (Å²) in [4.78, 5) is 28.0. The number of rotatable bonds is 4. The number of aliphatic imine (C=N–C) groups is 1. The fourth-order valence-corrected chi connectivity index (χ4v) is 3.83. The van der Waals surface area contributed by atoms with Crippen LogP contribution in [0.25, 0.3) is 0 Å². The van der Waals surface area contributed by atoms with E-state index in [9.17, 15) is 9.70 Å². The van der Waals surface area contributed by atoms with E-state index in [4.69, 9.17) is 10.9 Å². The second-order valence-electron chi connectivity index (χ2n) is 6.15. The van der Waals surface area contributed by atoms with Crippen LogP contribution in [0, 0.1) is 4.91 Å². The number of thioether (sulfide) groups is 1. The van der Waals surface area contributed by atoms with E-state index in [0.717, 1.165) is 17.7 Å². The average molecular weight is 371 g/mol. The van der Waals surface area contributed by atoms with Gasteiger partial charge in [-0.1, -0.05) is 36.0 Å². The first kappa shape index (κ1) is 17.9. The van der Waals surface area contributed by atoms with Gasteiger partial charge in [0.15, 0.2) is 5.17 Å². The molecule has 8 heteroatoms. The molecule has 1 aliphatic heterocycles. The maximum absolute atomic E-state index is 12.5. The Morgan fingerprint density at radius 1 is 1.31 bits per heavy atom. The number of para-hydroxylation sites is 1. The second-order valence-corrected chi connectivity index (χ2v) is 7.26. The van der Waals surface area contributed by atoms with Gasteiger partial charge in [-0.25, -0.2) is 5.21 Å². The SMILES string of the molecule is CC1(c2cccc(NC(=O)c3ccccc3[N+](=O)O)c2)CCSC(N)=N1. The number of nitrogens with two attached hydrogens (primary N) is 1. The minimum absolute atomic E-state index is 0.0814. The lowest BCUT2D eigenvalue weighted by Gasteiger charge is -2.30. The second kappa shape index (κ2) is 7.17. The maximum Gasteiger partial charge on any atom is 0.329 e. The number of carbonyl (C=O) groups is 1. The summed E-state index contributed by atoms with van der Waals surface area (Å²) in [6, 6.07) is 13.4. The molecule has 1 unspecified atom stereocenters. The Morgan fingerprint density at radius 3 is 2.81 bits per heavy atom. The average Bonchev–Trinajstić information content (AvgIpc) is 2.61. The zero-order valence-electron chi connectivity index (χ0n) is 14.2. The summed E-state index contributed by atoms with van der Waals surface area (Å²) in [6.45, 7) is 2.01. The molecule has 0 spiro atoms. The smallest absolute Gasteiger partial charge is 0.329 e. The first-order chi connectivity index (χ1) is 12.4. The van der Waals surface area contributed by atoms with Crippen LogP contribution >= 0.6 is 11.8 Å². The first-order valence-electron chi connectivity index (χ1n) is 8.04. The van der Waals surface area contributed by atoms with Crippen molar-refractivity contribution in [3.63, 3.8) is 0 Å². The van der Waals surface area contributed by atoms with Crippen molar-refractivity contribution in [1.29, 1.82) is 0 Å². The summed E-state index contributed by atoms with van der Waals surface area (Å²) in [5, 5.41) is 12.5. The number of hydrogen-bond acceptors (Lipinski definition) is 5. The molecule has 2 aromatic rings. The summed E-state index contributed by atoms with van der Waals surface area (Å²) in [7, 11) is 0. The Bertz CT molecular complexity index is 900. The van der Waals surface area contributed by atoms with Crippen LogP contribution in [0.2, 0.25) is 0 Å². The molecule has 26 heavy (non-hydrogen) atoms. The number of amides is 1. The number of anilines is 1. The molecule has 0 radical (unpaired) electrons. The van der Waals surface area contributed by atoms with Gasteiger partial charge in [-0.05, 0) is 37.1 Å². The van der Waals surface area contributed by atoms with Crippen molar-refractivity contribution in [1.82, 2.24) is 0 Å². The molecule has 1 aliphatic rings. The highest BCUT2D eigenvalue weighted by atomic mass is 32.2. The normalized spacial score (nSPS) is 19.5. The van der Waals surface area contributed by atoms with Crippen molar-refractivity contribution in [2.24, 2.45) is 10.7 Å². The summed E-state index contributed by atoms with van der Waals surface area (Å²) in [5.74, 6) is 0.394. The monoisotopic (exact) mass is 371 g/mol. The van der Waals surface area contributed by atoms with Gasteiger partial charge in [0.2, 0.25) is 0 Å². The molecule has 0 saturated heterocycles. The summed E-state index contributed by atoms with van der Waals surface area (Å²) < 4.78 is 0. The molecule has 0 bridgehead atoms. The summed E-state index contributed by atoms with van der Waals surface area (Å²) in [5.41, 5.74) is 6.92. The summed E-state index contributed by atoms with van der Waals surface area (Å²) in [6.07, 6.45) is 0.842. The van der Waals surface area contributed by atoms with Crippen molar-refractivity contribution >= 4 is 34.2 Å². The Kier molecular flexibility index (Phi) is 4.94. The fraction of sp³-hybridized carbons (Fsp3) is 0.222. The van der Waals surface area contributed by atoms with Crippen LogP contribution in [-0.2, 0) is 5.54 Å². The molecule has 4 N–H and O–H groups in total. The quantitative estimate of drug-likeness (QED) is 0.714. The van der Waals surface area contributed by atoms with Gasteiger partial charge in [0.25, 0.3) is 10.8 Å². The van der Waals surface area contributed by atoms with Crippen molar-refractivity contribution in [2.45, 2.75) is 18.9 Å². The van der Waals surface area contributed by atoms with E-state index >= 15 is 0 Å². The lowest BCUT2D eigenvalue weighted by Crippen LogP contribution is -2.28. The molecule has 3 rings (SSSR count). The van der Waals surface area contributed by atoms with Crippen LogP contribution in [-0.4, -0.2) is 27.0 Å². The number of benzene rings is 2. The first-order valence-corrected chi connectivity index (χ1v) is 9.03. The molecule has 0 aromatic heterocycles. The summed E-state index contributed by atoms with van der Waals surface area (Å²) >= 11 is 1.53. The molecule has 0 fully saturated rings. The highest BCUT2D eigenvalue weighted by Gasteiger charge is 2.30. The van der Waals surface area contributed by atoms with E-state index in [-0.39, 0.29) is 16.2 Å². The van der Waals surface area contributed by atoms with E-state index < -0.39 is 11.4 Å². The molecular weight excluding hydrogens is 352 g/mol. The van der Waals surface area contributed by atoms with Crippen molar-refractivity contribution < 1.29 is 14.9 Å². The fourth-order valence-electron chi connectivity index (χ4n) is 2.86. The van der Waals surface area contributed by atoms with E-state index in [1.165, 1.54) is 23.9 Å².